The van der Waals surface area contributed by atoms with Gasteiger partial charge >= 0.3 is 0 Å². The van der Waals surface area contributed by atoms with E-state index in [4.69, 9.17) is 10.5 Å². The molecule has 14 heavy (non-hydrogen) atoms. The molecule has 0 bridgehead atoms. The highest BCUT2D eigenvalue weighted by Crippen LogP contribution is 2.07. The smallest absolute Gasteiger partial charge is 0.213 e. The quantitative estimate of drug-likeness (QED) is 0.819. The molecule has 2 N–H and O–H groups in total. The highest BCUT2D eigenvalue weighted by atomic mass is 35.5. The zero-order valence-electron chi connectivity index (χ0n) is 8.43. The van der Waals surface area contributed by atoms with Crippen LogP contribution in [0.15, 0.2) is 18.3 Å². The van der Waals surface area contributed by atoms with Crippen molar-refractivity contribution in [3.8, 4) is 5.88 Å². The molecule has 1 aromatic rings. The topological polar surface area (TPSA) is 51.4 Å². The maximum atomic E-state index is 5.48. The minimum Gasteiger partial charge on any atom is -0.476 e. The molecule has 0 aromatic carbocycles. The van der Waals surface area contributed by atoms with Crippen LogP contribution < -0.4 is 10.5 Å². The molecule has 0 amide bonds. The third-order valence-corrected chi connectivity index (χ3v) is 1.55. The molecule has 0 radical (unpaired) electrons. The van der Waals surface area contributed by atoms with Crippen LogP contribution in [0.2, 0.25) is 0 Å². The fourth-order valence-electron chi connectivity index (χ4n) is 0.810. The van der Waals surface area contributed by atoms with Gasteiger partial charge in [0.15, 0.2) is 0 Å². The zero-order chi connectivity index (χ0) is 9.68. The van der Waals surface area contributed by atoms with Gasteiger partial charge in [0.05, 0.1) is 11.9 Å². The number of halogens is 1. The molecule has 80 valence electrons. The lowest BCUT2D eigenvalue weighted by atomic mass is 10.4. The maximum absolute atomic E-state index is 5.48. The van der Waals surface area contributed by atoms with Crippen LogP contribution in [0.5, 0.6) is 5.88 Å². The number of anilines is 1. The first kappa shape index (κ1) is 13.0. The molecule has 0 spiro atoms. The van der Waals surface area contributed by atoms with E-state index in [1.807, 2.05) is 14.1 Å². The number of nitrogens with zero attached hydrogens (tertiary/aromatic N) is 2. The summed E-state index contributed by atoms with van der Waals surface area (Å²) in [5.41, 5.74) is 6.13. The Balaban J connectivity index is 0.00000169. The van der Waals surface area contributed by atoms with E-state index in [0.717, 1.165) is 6.54 Å². The van der Waals surface area contributed by atoms with Crippen molar-refractivity contribution in [3.63, 3.8) is 0 Å². The predicted octanol–water partition coefficient (Wildman–Crippen LogP) is 1.03. The summed E-state index contributed by atoms with van der Waals surface area (Å²) in [6, 6.07) is 3.54. The van der Waals surface area contributed by atoms with Crippen molar-refractivity contribution in [3.05, 3.63) is 18.3 Å². The summed E-state index contributed by atoms with van der Waals surface area (Å²) < 4.78 is 5.36. The molecule has 0 aliphatic rings. The normalized spacial score (nSPS) is 9.64. The molecule has 0 unspecified atom stereocenters. The van der Waals surface area contributed by atoms with E-state index in [1.165, 1.54) is 0 Å². The zero-order valence-corrected chi connectivity index (χ0v) is 9.25. The van der Waals surface area contributed by atoms with Crippen molar-refractivity contribution < 1.29 is 4.74 Å². The number of ether oxygens (including phenoxy) is 1. The van der Waals surface area contributed by atoms with Crippen molar-refractivity contribution >= 4 is 18.1 Å². The second-order valence-electron chi connectivity index (χ2n) is 3.08. The average molecular weight is 218 g/mol. The summed E-state index contributed by atoms with van der Waals surface area (Å²) in [7, 11) is 4.00. The number of aromatic nitrogens is 1. The molecule has 0 saturated carbocycles. The summed E-state index contributed by atoms with van der Waals surface area (Å²) in [6.45, 7) is 1.52. The maximum Gasteiger partial charge on any atom is 0.213 e. The molecule has 0 aliphatic heterocycles. The van der Waals surface area contributed by atoms with E-state index < -0.39 is 0 Å². The Morgan fingerprint density at radius 3 is 2.64 bits per heavy atom. The van der Waals surface area contributed by atoms with Gasteiger partial charge in [-0.15, -0.1) is 12.4 Å². The van der Waals surface area contributed by atoms with Crippen molar-refractivity contribution in [1.82, 2.24) is 9.88 Å². The van der Waals surface area contributed by atoms with Crippen molar-refractivity contribution in [2.75, 3.05) is 33.0 Å². The van der Waals surface area contributed by atoms with Gasteiger partial charge in [0, 0.05) is 12.6 Å². The molecule has 1 aromatic heterocycles. The predicted molar refractivity (Wildman–Crippen MR) is 59.9 cm³/mol. The third-order valence-electron chi connectivity index (χ3n) is 1.55. The van der Waals surface area contributed by atoms with Gasteiger partial charge in [-0.3, -0.25) is 0 Å². The minimum absolute atomic E-state index is 0. The van der Waals surface area contributed by atoms with Gasteiger partial charge in [-0.25, -0.2) is 4.98 Å². The molecule has 5 heteroatoms. The molecule has 0 fully saturated rings. The first-order valence-electron chi connectivity index (χ1n) is 4.17. The lowest BCUT2D eigenvalue weighted by molar-refractivity contribution is 0.254. The molecule has 4 nitrogen and oxygen atoms in total. The Labute approximate surface area is 90.5 Å². The van der Waals surface area contributed by atoms with Crippen molar-refractivity contribution in [1.29, 1.82) is 0 Å². The number of pyridine rings is 1. The van der Waals surface area contributed by atoms with Crippen LogP contribution in [0.3, 0.4) is 0 Å². The van der Waals surface area contributed by atoms with Gasteiger partial charge in [-0.2, -0.15) is 0 Å². The summed E-state index contributed by atoms with van der Waals surface area (Å²) >= 11 is 0. The molecule has 0 aliphatic carbocycles. The fourth-order valence-corrected chi connectivity index (χ4v) is 0.810. The molecule has 1 heterocycles. The molecule has 0 atom stereocenters. The SMILES string of the molecule is CN(C)CCOc1ccc(N)cn1.Cl. The van der Waals surface area contributed by atoms with Crippen molar-refractivity contribution in [2.24, 2.45) is 0 Å². The number of rotatable bonds is 4. The minimum atomic E-state index is 0. The summed E-state index contributed by atoms with van der Waals surface area (Å²) in [5, 5.41) is 0. The summed E-state index contributed by atoms with van der Waals surface area (Å²) in [4.78, 5) is 6.06. The van der Waals surface area contributed by atoms with Crippen LogP contribution in [-0.2, 0) is 0 Å². The summed E-state index contributed by atoms with van der Waals surface area (Å²) in [6.07, 6.45) is 1.59. The van der Waals surface area contributed by atoms with Crippen LogP contribution in [0.1, 0.15) is 0 Å². The van der Waals surface area contributed by atoms with Gasteiger partial charge in [0.2, 0.25) is 5.88 Å². The number of hydrogen-bond donors (Lipinski definition) is 1. The van der Waals surface area contributed by atoms with Gasteiger partial charge < -0.3 is 15.4 Å². The van der Waals surface area contributed by atoms with Crippen molar-refractivity contribution in [2.45, 2.75) is 0 Å². The Hall–Kier alpha value is -1.000. The van der Waals surface area contributed by atoms with E-state index >= 15 is 0 Å². The first-order valence-corrected chi connectivity index (χ1v) is 4.17. The van der Waals surface area contributed by atoms with Crippen LogP contribution in [0.4, 0.5) is 5.69 Å². The second kappa shape index (κ2) is 6.45. The first-order chi connectivity index (χ1) is 6.18. The van der Waals surface area contributed by atoms with Gasteiger partial charge in [-0.05, 0) is 20.2 Å². The Kier molecular flexibility index (Phi) is 5.99. The van der Waals surface area contributed by atoms with E-state index in [-0.39, 0.29) is 12.4 Å². The van der Waals surface area contributed by atoms with Gasteiger partial charge in [0.25, 0.3) is 0 Å². The van der Waals surface area contributed by atoms with Crippen LogP contribution in [0.25, 0.3) is 0 Å². The number of hydrogen-bond acceptors (Lipinski definition) is 4. The Bertz CT molecular complexity index is 251. The van der Waals surface area contributed by atoms with E-state index in [9.17, 15) is 0 Å². The summed E-state index contributed by atoms with van der Waals surface area (Å²) in [5.74, 6) is 0.621. The molecular weight excluding hydrogens is 202 g/mol. The van der Waals surface area contributed by atoms with E-state index in [0.29, 0.717) is 18.2 Å². The Morgan fingerprint density at radius 2 is 2.14 bits per heavy atom. The lowest BCUT2D eigenvalue weighted by Crippen LogP contribution is -2.19. The van der Waals surface area contributed by atoms with E-state index in [2.05, 4.69) is 9.88 Å². The van der Waals surface area contributed by atoms with Gasteiger partial charge in [-0.1, -0.05) is 0 Å². The standard InChI is InChI=1S/C9H15N3O.ClH/c1-12(2)5-6-13-9-4-3-8(10)7-11-9;/h3-4,7H,5-6,10H2,1-2H3;1H. The number of nitrogen functional groups attached to an aromatic ring is 1. The largest absolute Gasteiger partial charge is 0.476 e. The fraction of sp³-hybridized carbons (Fsp3) is 0.444. The van der Waals surface area contributed by atoms with Gasteiger partial charge in [0.1, 0.15) is 6.61 Å². The highest BCUT2D eigenvalue weighted by molar-refractivity contribution is 5.85. The third kappa shape index (κ3) is 4.89. The average Bonchev–Trinajstić information content (AvgIpc) is 2.08. The van der Waals surface area contributed by atoms with Crippen LogP contribution in [-0.4, -0.2) is 37.1 Å². The molecule has 1 rings (SSSR count). The molecular formula is C9H16ClN3O. The molecule has 0 saturated heterocycles. The number of likely N-dealkylation sites (N-methyl/N-ethyl adjacent to an activating group) is 1. The Morgan fingerprint density at radius 1 is 1.43 bits per heavy atom. The van der Waals surface area contributed by atoms with Crippen LogP contribution in [0, 0.1) is 0 Å². The van der Waals surface area contributed by atoms with E-state index in [1.54, 1.807) is 18.3 Å². The monoisotopic (exact) mass is 217 g/mol. The highest BCUT2D eigenvalue weighted by Gasteiger charge is 1.95. The number of nitrogens with two attached hydrogens (primary N) is 1. The van der Waals surface area contributed by atoms with Crippen LogP contribution >= 0.6 is 12.4 Å². The lowest BCUT2D eigenvalue weighted by Gasteiger charge is -2.09. The second-order valence-corrected chi connectivity index (χ2v) is 3.08.